The molecule has 3 rings (SSSR count). The molecular weight excluding hydrogens is 479 g/mol. The summed E-state index contributed by atoms with van der Waals surface area (Å²) in [4.78, 5) is 19.5. The SMILES string of the molecule is O=C(O)C(F)(F)F.O=C(O)CNCC1CCCN(S(=O)(=O)N2CCC(c3ccccc3)CC2)C1. The number of carboxylic acid groups (broad SMARTS) is 2. The van der Waals surface area contributed by atoms with E-state index in [1.165, 1.54) is 5.56 Å². The van der Waals surface area contributed by atoms with Crippen LogP contribution in [0.2, 0.25) is 0 Å². The lowest BCUT2D eigenvalue weighted by Crippen LogP contribution is -2.51. The summed E-state index contributed by atoms with van der Waals surface area (Å²) < 4.78 is 61.0. The normalized spacial score (nSPS) is 20.9. The zero-order chi connectivity index (χ0) is 25.4. The van der Waals surface area contributed by atoms with E-state index in [0.717, 1.165) is 25.7 Å². The van der Waals surface area contributed by atoms with Gasteiger partial charge in [-0.3, -0.25) is 4.79 Å². The number of nitrogens with one attached hydrogen (secondary N) is 1. The number of carboxylic acids is 2. The van der Waals surface area contributed by atoms with Gasteiger partial charge in [-0.05, 0) is 49.6 Å². The first-order valence-electron chi connectivity index (χ1n) is 10.9. The van der Waals surface area contributed by atoms with Gasteiger partial charge in [0.1, 0.15) is 0 Å². The molecule has 2 saturated heterocycles. The molecule has 0 aromatic heterocycles. The summed E-state index contributed by atoms with van der Waals surface area (Å²) in [5.41, 5.74) is 1.29. The van der Waals surface area contributed by atoms with Gasteiger partial charge in [0.15, 0.2) is 0 Å². The molecule has 0 aliphatic carbocycles. The molecule has 1 aromatic rings. The predicted molar refractivity (Wildman–Crippen MR) is 117 cm³/mol. The highest BCUT2D eigenvalue weighted by Crippen LogP contribution is 2.30. The number of halogens is 3. The van der Waals surface area contributed by atoms with Gasteiger partial charge in [-0.2, -0.15) is 30.2 Å². The van der Waals surface area contributed by atoms with Crippen molar-refractivity contribution in [2.24, 2.45) is 5.92 Å². The van der Waals surface area contributed by atoms with Crippen LogP contribution in [0.5, 0.6) is 0 Å². The quantitative estimate of drug-likeness (QED) is 0.514. The van der Waals surface area contributed by atoms with Crippen LogP contribution in [0, 0.1) is 5.92 Å². The minimum Gasteiger partial charge on any atom is -0.480 e. The molecule has 0 amide bonds. The summed E-state index contributed by atoms with van der Waals surface area (Å²) in [6.45, 7) is 2.58. The Morgan fingerprint density at radius 2 is 1.59 bits per heavy atom. The molecule has 13 heteroatoms. The highest BCUT2D eigenvalue weighted by molar-refractivity contribution is 7.86. The number of hydrogen-bond acceptors (Lipinski definition) is 5. The number of alkyl halides is 3. The number of nitrogens with zero attached hydrogens (tertiary/aromatic N) is 2. The van der Waals surface area contributed by atoms with Gasteiger partial charge in [0.2, 0.25) is 0 Å². The molecule has 2 heterocycles. The Bertz CT molecular complexity index is 906. The van der Waals surface area contributed by atoms with E-state index in [1.807, 2.05) is 18.2 Å². The number of aliphatic carboxylic acids is 2. The maximum Gasteiger partial charge on any atom is 0.490 e. The molecular formula is C21H30F3N3O6S. The van der Waals surface area contributed by atoms with Gasteiger partial charge in [0.25, 0.3) is 10.2 Å². The standard InChI is InChI=1S/C19H29N3O4S.C2HF3O2/c23-19(24)14-20-13-16-5-4-10-22(15-16)27(25,26)21-11-8-18(9-12-21)17-6-2-1-3-7-17;3-2(4,5)1(6)7/h1-3,6-7,16,18,20H,4-5,8-15H2,(H,23,24);(H,6,7). The predicted octanol–water partition coefficient (Wildman–Crippen LogP) is 2.13. The van der Waals surface area contributed by atoms with Crippen LogP contribution in [0.15, 0.2) is 30.3 Å². The highest BCUT2D eigenvalue weighted by atomic mass is 32.2. The van der Waals surface area contributed by atoms with Gasteiger partial charge in [-0.1, -0.05) is 30.3 Å². The molecule has 1 aromatic carbocycles. The molecule has 1 unspecified atom stereocenters. The molecule has 34 heavy (non-hydrogen) atoms. The Hall–Kier alpha value is -2.22. The molecule has 2 aliphatic rings. The average molecular weight is 510 g/mol. The number of carbonyl (C=O) groups is 2. The largest absolute Gasteiger partial charge is 0.490 e. The monoisotopic (exact) mass is 509 g/mol. The van der Waals surface area contributed by atoms with E-state index >= 15 is 0 Å². The fraction of sp³-hybridized carbons (Fsp3) is 0.619. The minimum absolute atomic E-state index is 0.0871. The Morgan fingerprint density at radius 3 is 2.12 bits per heavy atom. The minimum atomic E-state index is -5.08. The second kappa shape index (κ2) is 12.5. The topological polar surface area (TPSA) is 127 Å². The molecule has 0 radical (unpaired) electrons. The van der Waals surface area contributed by atoms with E-state index in [-0.39, 0.29) is 12.5 Å². The van der Waals surface area contributed by atoms with E-state index < -0.39 is 28.3 Å². The first kappa shape index (κ1) is 28.0. The summed E-state index contributed by atoms with van der Waals surface area (Å²) in [5.74, 6) is -3.06. The Kier molecular flexibility index (Phi) is 10.3. The van der Waals surface area contributed by atoms with Crippen molar-refractivity contribution in [3.8, 4) is 0 Å². The van der Waals surface area contributed by atoms with Gasteiger partial charge in [0.05, 0.1) is 6.54 Å². The van der Waals surface area contributed by atoms with Crippen LogP contribution in [0.1, 0.15) is 37.2 Å². The van der Waals surface area contributed by atoms with Crippen LogP contribution in [0.4, 0.5) is 13.2 Å². The maximum atomic E-state index is 13.0. The number of rotatable bonds is 7. The third-order valence-corrected chi connectivity index (χ3v) is 7.81. The highest BCUT2D eigenvalue weighted by Gasteiger charge is 2.38. The van der Waals surface area contributed by atoms with Gasteiger partial charge in [0, 0.05) is 26.2 Å². The van der Waals surface area contributed by atoms with E-state index in [2.05, 4.69) is 17.4 Å². The van der Waals surface area contributed by atoms with Crippen molar-refractivity contribution in [1.29, 1.82) is 0 Å². The van der Waals surface area contributed by atoms with Crippen molar-refractivity contribution in [1.82, 2.24) is 13.9 Å². The fourth-order valence-corrected chi connectivity index (χ4v) is 5.85. The first-order valence-corrected chi connectivity index (χ1v) is 12.3. The van der Waals surface area contributed by atoms with Crippen LogP contribution in [0.3, 0.4) is 0 Å². The van der Waals surface area contributed by atoms with Crippen LogP contribution in [-0.4, -0.2) is 84.6 Å². The van der Waals surface area contributed by atoms with Crippen molar-refractivity contribution in [2.45, 2.75) is 37.8 Å². The number of hydrogen-bond donors (Lipinski definition) is 3. The summed E-state index contributed by atoms with van der Waals surface area (Å²) >= 11 is 0. The van der Waals surface area contributed by atoms with Gasteiger partial charge >= 0.3 is 18.1 Å². The molecule has 2 aliphatic heterocycles. The second-order valence-corrected chi connectivity index (χ2v) is 10.2. The van der Waals surface area contributed by atoms with E-state index in [9.17, 15) is 26.4 Å². The van der Waals surface area contributed by atoms with E-state index in [1.54, 1.807) is 8.61 Å². The third kappa shape index (κ3) is 8.53. The van der Waals surface area contributed by atoms with Crippen LogP contribution in [-0.2, 0) is 19.8 Å². The second-order valence-electron chi connectivity index (χ2n) is 8.29. The van der Waals surface area contributed by atoms with Crippen molar-refractivity contribution < 1.29 is 41.4 Å². The molecule has 3 N–H and O–H groups in total. The Labute approximate surface area is 196 Å². The van der Waals surface area contributed by atoms with Crippen LogP contribution < -0.4 is 5.32 Å². The van der Waals surface area contributed by atoms with Gasteiger partial charge in [-0.25, -0.2) is 4.79 Å². The number of benzene rings is 1. The van der Waals surface area contributed by atoms with Gasteiger partial charge in [-0.15, -0.1) is 0 Å². The lowest BCUT2D eigenvalue weighted by Gasteiger charge is -2.38. The summed E-state index contributed by atoms with van der Waals surface area (Å²) in [6.07, 6.45) is -1.64. The Morgan fingerprint density at radius 1 is 1.00 bits per heavy atom. The smallest absolute Gasteiger partial charge is 0.480 e. The first-order chi connectivity index (χ1) is 15.9. The lowest BCUT2D eigenvalue weighted by atomic mass is 9.90. The van der Waals surface area contributed by atoms with Crippen molar-refractivity contribution >= 4 is 22.1 Å². The van der Waals surface area contributed by atoms with Crippen molar-refractivity contribution in [2.75, 3.05) is 39.3 Å². The molecule has 1 atom stereocenters. The third-order valence-electron chi connectivity index (χ3n) is 5.81. The molecule has 2 fully saturated rings. The fourth-order valence-electron chi connectivity index (χ4n) is 4.09. The van der Waals surface area contributed by atoms with Crippen LogP contribution >= 0.6 is 0 Å². The number of piperidine rings is 2. The summed E-state index contributed by atoms with van der Waals surface area (Å²) in [6, 6.07) is 10.3. The van der Waals surface area contributed by atoms with Crippen LogP contribution in [0.25, 0.3) is 0 Å². The zero-order valence-electron chi connectivity index (χ0n) is 18.6. The zero-order valence-corrected chi connectivity index (χ0v) is 19.4. The average Bonchev–Trinajstić information content (AvgIpc) is 2.79. The Balaban J connectivity index is 0.000000509. The lowest BCUT2D eigenvalue weighted by molar-refractivity contribution is -0.192. The van der Waals surface area contributed by atoms with Gasteiger partial charge < -0.3 is 15.5 Å². The molecule has 9 nitrogen and oxygen atoms in total. The maximum absolute atomic E-state index is 13.0. The molecule has 0 saturated carbocycles. The summed E-state index contributed by atoms with van der Waals surface area (Å²) in [5, 5.41) is 18.7. The summed E-state index contributed by atoms with van der Waals surface area (Å²) in [7, 11) is -3.44. The van der Waals surface area contributed by atoms with E-state index in [0.29, 0.717) is 38.6 Å². The van der Waals surface area contributed by atoms with Crippen molar-refractivity contribution in [3.63, 3.8) is 0 Å². The molecule has 0 spiro atoms. The molecule has 0 bridgehead atoms. The van der Waals surface area contributed by atoms with Crippen molar-refractivity contribution in [3.05, 3.63) is 35.9 Å². The molecule has 192 valence electrons. The van der Waals surface area contributed by atoms with E-state index in [4.69, 9.17) is 15.0 Å².